The molecule has 2 aromatic rings. The topological polar surface area (TPSA) is 111 Å². The van der Waals surface area contributed by atoms with E-state index in [1.54, 1.807) is 14.0 Å². The molecule has 0 aliphatic heterocycles. The first-order valence-electron chi connectivity index (χ1n) is 7.02. The highest BCUT2D eigenvalue weighted by atomic mass is 32.1. The number of ether oxygens (including phenoxy) is 2. The number of hydrogen-bond donors (Lipinski definition) is 2. The van der Waals surface area contributed by atoms with E-state index in [9.17, 15) is 18.8 Å². The van der Waals surface area contributed by atoms with Crippen LogP contribution in [0.4, 0.5) is 19.7 Å². The highest BCUT2D eigenvalue weighted by Gasteiger charge is 2.14. The molecule has 1 heterocycles. The van der Waals surface area contributed by atoms with Crippen molar-refractivity contribution in [1.29, 1.82) is 0 Å². The van der Waals surface area contributed by atoms with Crippen molar-refractivity contribution < 1.29 is 23.5 Å². The number of nitrogens with zero attached hydrogens (tertiary/aromatic N) is 2. The average molecular weight is 370 g/mol. The van der Waals surface area contributed by atoms with Crippen LogP contribution in [0.25, 0.3) is 10.2 Å². The molecule has 1 aromatic carbocycles. The third-order valence-electron chi connectivity index (χ3n) is 3.00. The molecule has 134 valence electrons. The van der Waals surface area contributed by atoms with Crippen LogP contribution in [-0.2, 0) is 16.5 Å². The summed E-state index contributed by atoms with van der Waals surface area (Å²) in [6, 6.07) is 1.22. The van der Waals surface area contributed by atoms with Gasteiger partial charge in [-0.2, -0.15) is 0 Å². The van der Waals surface area contributed by atoms with Gasteiger partial charge >= 0.3 is 23.0 Å². The van der Waals surface area contributed by atoms with Crippen LogP contribution in [0, 0.1) is 5.82 Å². The third kappa shape index (κ3) is 4.32. The molecular formula is C14H15FN4O5S. The maximum atomic E-state index is 14.1. The molecule has 0 unspecified atom stereocenters. The number of thiazole rings is 1. The molecule has 25 heavy (non-hydrogen) atoms. The highest BCUT2D eigenvalue weighted by molar-refractivity contribution is 7.16. The van der Waals surface area contributed by atoms with E-state index in [2.05, 4.69) is 20.4 Å². The number of anilines is 1. The lowest BCUT2D eigenvalue weighted by molar-refractivity contribution is 0.181. The van der Waals surface area contributed by atoms with Crippen molar-refractivity contribution in [1.82, 2.24) is 9.88 Å². The van der Waals surface area contributed by atoms with Crippen LogP contribution in [0.15, 0.2) is 21.9 Å². The number of benzene rings is 1. The number of halogens is 1. The van der Waals surface area contributed by atoms with Crippen LogP contribution in [-0.4, -0.2) is 36.4 Å². The van der Waals surface area contributed by atoms with Gasteiger partial charge in [-0.25, -0.2) is 14.0 Å². The van der Waals surface area contributed by atoms with E-state index in [0.29, 0.717) is 10.2 Å². The molecule has 11 heteroatoms. The average Bonchev–Trinajstić information content (AvgIpc) is 2.82. The Morgan fingerprint density at radius 2 is 2.12 bits per heavy atom. The summed E-state index contributed by atoms with van der Waals surface area (Å²) in [7, 11) is 2.66. The van der Waals surface area contributed by atoms with Crippen LogP contribution in [0.2, 0.25) is 0 Å². The Kier molecular flexibility index (Phi) is 5.70. The summed E-state index contributed by atoms with van der Waals surface area (Å²) in [6.45, 7) is 1.75. The SMILES string of the molecule is CCO/C(=N/C(=O)OC)NC(=O)Nc1cc2c(cc1F)sc(=O)n2C. The standard InChI is InChI=1S/C14H15FN4O5S/c1-4-24-12(18-13(21)23-3)17-11(20)16-8-6-9-10(5-7(8)15)25-14(22)19(9)2/h5-6H,4H2,1-3H3,(H2,16,17,18,20,21). The molecule has 0 radical (unpaired) electrons. The molecule has 1 aromatic heterocycles. The fraction of sp³-hybridized carbons (Fsp3) is 0.286. The number of aliphatic imine (C=N–C) groups is 1. The largest absolute Gasteiger partial charge is 0.465 e. The number of carbonyl (C=O) groups excluding carboxylic acids is 2. The zero-order chi connectivity index (χ0) is 18.6. The van der Waals surface area contributed by atoms with E-state index in [4.69, 9.17) is 4.74 Å². The van der Waals surface area contributed by atoms with Gasteiger partial charge in [-0.15, -0.1) is 4.99 Å². The monoisotopic (exact) mass is 370 g/mol. The van der Waals surface area contributed by atoms with Crippen molar-refractivity contribution in [3.63, 3.8) is 0 Å². The minimum Gasteiger partial charge on any atom is -0.465 e. The Hall–Kier alpha value is -2.95. The van der Waals surface area contributed by atoms with Crippen molar-refractivity contribution in [2.45, 2.75) is 6.92 Å². The number of rotatable bonds is 2. The van der Waals surface area contributed by atoms with Crippen LogP contribution < -0.4 is 15.5 Å². The predicted octanol–water partition coefficient (Wildman–Crippen LogP) is 2.02. The Balaban J connectivity index is 2.21. The fourth-order valence-corrected chi connectivity index (χ4v) is 2.74. The minimum absolute atomic E-state index is 0.132. The van der Waals surface area contributed by atoms with Gasteiger partial charge in [-0.1, -0.05) is 11.3 Å². The number of nitrogens with one attached hydrogen (secondary N) is 2. The maximum absolute atomic E-state index is 14.1. The van der Waals surface area contributed by atoms with Crippen molar-refractivity contribution >= 4 is 45.4 Å². The van der Waals surface area contributed by atoms with E-state index in [-0.39, 0.29) is 17.2 Å². The van der Waals surface area contributed by atoms with Crippen LogP contribution >= 0.6 is 11.3 Å². The molecule has 0 aliphatic carbocycles. The smallest absolute Gasteiger partial charge is 0.437 e. The number of urea groups is 1. The Labute approximate surface area is 145 Å². The van der Waals surface area contributed by atoms with Gasteiger partial charge in [-0.3, -0.25) is 10.1 Å². The summed E-state index contributed by atoms with van der Waals surface area (Å²) in [4.78, 5) is 37.8. The number of amides is 3. The van der Waals surface area contributed by atoms with Gasteiger partial charge in [0.2, 0.25) is 0 Å². The number of fused-ring (bicyclic) bond motifs is 1. The molecule has 0 fully saturated rings. The predicted molar refractivity (Wildman–Crippen MR) is 90.6 cm³/mol. The second-order valence-corrected chi connectivity index (χ2v) is 5.62. The molecule has 2 N–H and O–H groups in total. The van der Waals surface area contributed by atoms with Crippen molar-refractivity contribution in [2.75, 3.05) is 19.0 Å². The van der Waals surface area contributed by atoms with E-state index in [1.165, 1.54) is 10.6 Å². The van der Waals surface area contributed by atoms with Gasteiger partial charge in [0, 0.05) is 7.05 Å². The van der Waals surface area contributed by atoms with Gasteiger partial charge in [0.1, 0.15) is 5.82 Å². The summed E-state index contributed by atoms with van der Waals surface area (Å²) in [5, 5.41) is 4.44. The molecular weight excluding hydrogens is 355 g/mol. The second-order valence-electron chi connectivity index (χ2n) is 4.63. The first kappa shape index (κ1) is 18.4. The van der Waals surface area contributed by atoms with Crippen LogP contribution in [0.3, 0.4) is 0 Å². The van der Waals surface area contributed by atoms with Crippen molar-refractivity contribution in [3.8, 4) is 0 Å². The van der Waals surface area contributed by atoms with Crippen LogP contribution in [0.5, 0.6) is 0 Å². The molecule has 0 spiro atoms. The quantitative estimate of drug-likeness (QED) is 0.621. The van der Waals surface area contributed by atoms with E-state index >= 15 is 0 Å². The number of methoxy groups -OCH3 is 1. The molecule has 0 atom stereocenters. The molecule has 2 rings (SSSR count). The third-order valence-corrected chi connectivity index (χ3v) is 3.99. The molecule has 0 bridgehead atoms. The summed E-state index contributed by atoms with van der Waals surface area (Å²) in [5.74, 6) is -0.715. The van der Waals surface area contributed by atoms with Crippen LogP contribution in [0.1, 0.15) is 6.92 Å². The number of hydrogen-bond acceptors (Lipinski definition) is 6. The maximum Gasteiger partial charge on any atom is 0.437 e. The Morgan fingerprint density at radius 3 is 2.76 bits per heavy atom. The Bertz CT molecular complexity index is 904. The molecule has 0 saturated carbocycles. The molecule has 9 nitrogen and oxygen atoms in total. The summed E-state index contributed by atoms with van der Waals surface area (Å²) in [6.07, 6.45) is -0.968. The first-order chi connectivity index (χ1) is 11.8. The first-order valence-corrected chi connectivity index (χ1v) is 7.83. The number of carbonyl (C=O) groups is 2. The van der Waals surface area contributed by atoms with Gasteiger partial charge in [0.25, 0.3) is 0 Å². The van der Waals surface area contributed by atoms with Gasteiger partial charge in [-0.05, 0) is 19.1 Å². The normalized spacial score (nSPS) is 11.3. The van der Waals surface area contributed by atoms with E-state index in [0.717, 1.165) is 24.5 Å². The number of amidine groups is 1. The minimum atomic E-state index is -0.968. The van der Waals surface area contributed by atoms with E-state index < -0.39 is 24.0 Å². The number of aryl methyl sites for hydroxylation is 1. The number of aromatic nitrogens is 1. The summed E-state index contributed by atoms with van der Waals surface area (Å²) >= 11 is 0.896. The van der Waals surface area contributed by atoms with Gasteiger partial charge in [0.15, 0.2) is 0 Å². The zero-order valence-corrected chi connectivity index (χ0v) is 14.4. The molecule has 0 aliphatic rings. The summed E-state index contributed by atoms with van der Waals surface area (Å²) in [5.41, 5.74) is 0.326. The molecule has 0 saturated heterocycles. The van der Waals surface area contributed by atoms with Crippen molar-refractivity contribution in [3.05, 3.63) is 27.6 Å². The Morgan fingerprint density at radius 1 is 1.40 bits per heavy atom. The molecule has 3 amide bonds. The van der Waals surface area contributed by atoms with E-state index in [1.807, 2.05) is 0 Å². The van der Waals surface area contributed by atoms with Gasteiger partial charge in [0.05, 0.1) is 29.6 Å². The van der Waals surface area contributed by atoms with Crippen molar-refractivity contribution in [2.24, 2.45) is 12.0 Å². The zero-order valence-electron chi connectivity index (χ0n) is 13.6. The lowest BCUT2D eigenvalue weighted by Gasteiger charge is -2.10. The summed E-state index contributed by atoms with van der Waals surface area (Å²) < 4.78 is 25.2. The second kappa shape index (κ2) is 7.75. The van der Waals surface area contributed by atoms with Gasteiger partial charge < -0.3 is 19.4 Å². The lowest BCUT2D eigenvalue weighted by atomic mass is 10.3. The highest BCUT2D eigenvalue weighted by Crippen LogP contribution is 2.24. The lowest BCUT2D eigenvalue weighted by Crippen LogP contribution is -2.36. The fourth-order valence-electron chi connectivity index (χ4n) is 1.86.